The molecule has 3 heteroatoms. The minimum Gasteiger partial charge on any atom is -0.335 e. The van der Waals surface area contributed by atoms with Gasteiger partial charge < -0.3 is 4.90 Å². The van der Waals surface area contributed by atoms with E-state index in [1.165, 1.54) is 11.1 Å². The number of amides is 1. The maximum absolute atomic E-state index is 12.5. The van der Waals surface area contributed by atoms with Gasteiger partial charge in [0.25, 0.3) is 0 Å². The molecule has 0 bridgehead atoms. The summed E-state index contributed by atoms with van der Waals surface area (Å²) in [6, 6.07) is 12.9. The van der Waals surface area contributed by atoms with E-state index in [9.17, 15) is 4.79 Å². The van der Waals surface area contributed by atoms with Crippen LogP contribution in [0.1, 0.15) is 34.9 Å². The minimum atomic E-state index is 0.260. The lowest BCUT2D eigenvalue weighted by Gasteiger charge is -2.25. The Hall–Kier alpha value is -1.61. The van der Waals surface area contributed by atoms with Crippen molar-refractivity contribution in [1.82, 2.24) is 4.90 Å². The fraction of sp³-hybridized carbons (Fsp3) is 0.353. The summed E-state index contributed by atoms with van der Waals surface area (Å²) in [5.74, 6) is 0.260. The predicted molar refractivity (Wildman–Crippen MR) is 82.9 cm³/mol. The lowest BCUT2D eigenvalue weighted by Crippen LogP contribution is -2.31. The normalized spacial score (nSPS) is 18.4. The van der Waals surface area contributed by atoms with Gasteiger partial charge in [-0.05, 0) is 36.8 Å². The first-order chi connectivity index (χ1) is 9.74. The Morgan fingerprint density at radius 2 is 2.10 bits per heavy atom. The van der Waals surface area contributed by atoms with E-state index >= 15 is 0 Å². The molecular weight excluding hydrogens is 266 g/mol. The van der Waals surface area contributed by atoms with Crippen molar-refractivity contribution >= 4 is 17.2 Å². The molecule has 1 amide bonds. The average molecular weight is 285 g/mol. The van der Waals surface area contributed by atoms with Crippen molar-refractivity contribution in [1.29, 1.82) is 0 Å². The van der Waals surface area contributed by atoms with Crippen molar-refractivity contribution in [2.75, 3.05) is 6.54 Å². The van der Waals surface area contributed by atoms with Crippen molar-refractivity contribution in [3.63, 3.8) is 0 Å². The molecule has 1 saturated heterocycles. The SMILES string of the molecule is Cc1ccc([C@H]2CCCN2C(=O)Cc2cccs2)cc1. The van der Waals surface area contributed by atoms with Gasteiger partial charge in [-0.25, -0.2) is 0 Å². The first kappa shape index (κ1) is 13.4. The Kier molecular flexibility index (Phi) is 3.88. The van der Waals surface area contributed by atoms with E-state index in [1.807, 2.05) is 17.5 Å². The van der Waals surface area contributed by atoms with Gasteiger partial charge in [-0.15, -0.1) is 11.3 Å². The first-order valence-corrected chi connectivity index (χ1v) is 8.00. The predicted octanol–water partition coefficient (Wildman–Crippen LogP) is 3.96. The molecule has 1 aromatic heterocycles. The molecule has 0 N–H and O–H groups in total. The van der Waals surface area contributed by atoms with E-state index in [2.05, 4.69) is 36.1 Å². The summed E-state index contributed by atoms with van der Waals surface area (Å²) in [6.07, 6.45) is 2.73. The van der Waals surface area contributed by atoms with Gasteiger partial charge in [0.05, 0.1) is 12.5 Å². The Morgan fingerprint density at radius 1 is 1.30 bits per heavy atom. The molecule has 2 heterocycles. The van der Waals surface area contributed by atoms with Crippen molar-refractivity contribution < 1.29 is 4.79 Å². The van der Waals surface area contributed by atoms with Crippen molar-refractivity contribution in [3.8, 4) is 0 Å². The zero-order valence-corrected chi connectivity index (χ0v) is 12.5. The van der Waals surface area contributed by atoms with Crippen LogP contribution in [0, 0.1) is 6.92 Å². The molecule has 0 unspecified atom stereocenters. The Bertz CT molecular complexity index is 574. The molecule has 0 saturated carbocycles. The topological polar surface area (TPSA) is 20.3 Å². The van der Waals surface area contributed by atoms with Gasteiger partial charge >= 0.3 is 0 Å². The van der Waals surface area contributed by atoms with Crippen molar-refractivity contribution in [2.45, 2.75) is 32.2 Å². The number of carbonyl (C=O) groups is 1. The van der Waals surface area contributed by atoms with Gasteiger partial charge in [-0.2, -0.15) is 0 Å². The van der Waals surface area contributed by atoms with Crippen molar-refractivity contribution in [3.05, 3.63) is 57.8 Å². The van der Waals surface area contributed by atoms with Crippen LogP contribution in [0.5, 0.6) is 0 Å². The largest absolute Gasteiger partial charge is 0.335 e. The van der Waals surface area contributed by atoms with Crippen LogP contribution in [0.15, 0.2) is 41.8 Å². The number of hydrogen-bond donors (Lipinski definition) is 0. The van der Waals surface area contributed by atoms with Gasteiger partial charge in [-0.1, -0.05) is 35.9 Å². The van der Waals surface area contributed by atoms with Crippen LogP contribution in [0.2, 0.25) is 0 Å². The second kappa shape index (κ2) is 5.80. The standard InChI is InChI=1S/C17H19NOS/c1-13-6-8-14(9-7-13)16-5-2-10-18(16)17(19)12-15-4-3-11-20-15/h3-4,6-9,11,16H,2,5,10,12H2,1H3/t16-/m1/s1. The molecule has 0 radical (unpaired) electrons. The molecule has 1 aliphatic rings. The van der Waals surface area contributed by atoms with Crippen LogP contribution in [-0.4, -0.2) is 17.4 Å². The second-order valence-corrected chi connectivity index (χ2v) is 6.44. The smallest absolute Gasteiger partial charge is 0.228 e. The summed E-state index contributed by atoms with van der Waals surface area (Å²) < 4.78 is 0. The Morgan fingerprint density at radius 3 is 2.80 bits per heavy atom. The highest BCUT2D eigenvalue weighted by Crippen LogP contribution is 2.32. The van der Waals surface area contributed by atoms with E-state index in [-0.39, 0.29) is 11.9 Å². The molecule has 0 aliphatic carbocycles. The zero-order chi connectivity index (χ0) is 13.9. The van der Waals surface area contributed by atoms with Gasteiger partial charge in [-0.3, -0.25) is 4.79 Å². The third-order valence-corrected chi connectivity index (χ3v) is 4.82. The molecule has 0 spiro atoms. The molecular formula is C17H19NOS. The van der Waals surface area contributed by atoms with Crippen LogP contribution in [0.4, 0.5) is 0 Å². The molecule has 1 atom stereocenters. The van der Waals surface area contributed by atoms with E-state index < -0.39 is 0 Å². The summed E-state index contributed by atoms with van der Waals surface area (Å²) in [5.41, 5.74) is 2.54. The third-order valence-electron chi connectivity index (χ3n) is 3.94. The fourth-order valence-corrected chi connectivity index (χ4v) is 3.56. The number of benzene rings is 1. The number of hydrogen-bond acceptors (Lipinski definition) is 2. The number of carbonyl (C=O) groups excluding carboxylic acids is 1. The zero-order valence-electron chi connectivity index (χ0n) is 11.7. The van der Waals surface area contributed by atoms with Crippen LogP contribution in [0.3, 0.4) is 0 Å². The molecule has 2 aromatic rings. The Labute approximate surface area is 124 Å². The summed E-state index contributed by atoms with van der Waals surface area (Å²) in [4.78, 5) is 15.7. The highest BCUT2D eigenvalue weighted by Gasteiger charge is 2.29. The quantitative estimate of drug-likeness (QED) is 0.836. The van der Waals surface area contributed by atoms with E-state index in [4.69, 9.17) is 0 Å². The third kappa shape index (κ3) is 2.78. The highest BCUT2D eigenvalue weighted by molar-refractivity contribution is 7.10. The molecule has 3 rings (SSSR count). The molecule has 1 fully saturated rings. The first-order valence-electron chi connectivity index (χ1n) is 7.12. The molecule has 1 aromatic carbocycles. The number of aryl methyl sites for hydroxylation is 1. The maximum Gasteiger partial charge on any atom is 0.228 e. The Balaban J connectivity index is 1.75. The van der Waals surface area contributed by atoms with Gasteiger partial charge in [0.1, 0.15) is 0 Å². The molecule has 104 valence electrons. The second-order valence-electron chi connectivity index (χ2n) is 5.41. The average Bonchev–Trinajstić information content (AvgIpc) is 3.10. The lowest BCUT2D eigenvalue weighted by molar-refractivity contribution is -0.131. The summed E-state index contributed by atoms with van der Waals surface area (Å²) in [7, 11) is 0. The summed E-state index contributed by atoms with van der Waals surface area (Å²) >= 11 is 1.66. The molecule has 1 aliphatic heterocycles. The number of thiophene rings is 1. The van der Waals surface area contributed by atoms with E-state index in [0.29, 0.717) is 6.42 Å². The van der Waals surface area contributed by atoms with Gasteiger partial charge in [0.2, 0.25) is 5.91 Å². The van der Waals surface area contributed by atoms with E-state index in [0.717, 1.165) is 24.3 Å². The van der Waals surface area contributed by atoms with Gasteiger partial charge in [0, 0.05) is 11.4 Å². The van der Waals surface area contributed by atoms with E-state index in [1.54, 1.807) is 11.3 Å². The van der Waals surface area contributed by atoms with Crippen LogP contribution in [0.25, 0.3) is 0 Å². The number of likely N-dealkylation sites (tertiary alicyclic amines) is 1. The lowest BCUT2D eigenvalue weighted by atomic mass is 10.0. The number of nitrogens with zero attached hydrogens (tertiary/aromatic N) is 1. The minimum absolute atomic E-state index is 0.260. The molecule has 2 nitrogen and oxygen atoms in total. The number of rotatable bonds is 3. The van der Waals surface area contributed by atoms with Crippen LogP contribution < -0.4 is 0 Å². The maximum atomic E-state index is 12.5. The van der Waals surface area contributed by atoms with Crippen LogP contribution in [-0.2, 0) is 11.2 Å². The summed E-state index contributed by atoms with van der Waals surface area (Å²) in [5, 5.41) is 2.03. The monoisotopic (exact) mass is 285 g/mol. The van der Waals surface area contributed by atoms with Crippen molar-refractivity contribution in [2.24, 2.45) is 0 Å². The van der Waals surface area contributed by atoms with Crippen LogP contribution >= 0.6 is 11.3 Å². The summed E-state index contributed by atoms with van der Waals surface area (Å²) in [6.45, 7) is 2.99. The highest BCUT2D eigenvalue weighted by atomic mass is 32.1. The fourth-order valence-electron chi connectivity index (χ4n) is 2.86. The van der Waals surface area contributed by atoms with Gasteiger partial charge in [0.15, 0.2) is 0 Å². The molecule has 20 heavy (non-hydrogen) atoms.